The molecule has 0 saturated carbocycles. The quantitative estimate of drug-likeness (QED) is 0.563. The first-order valence-corrected chi connectivity index (χ1v) is 12.6. The molecule has 2 aromatic carbocycles. The zero-order chi connectivity index (χ0) is 21.8. The number of hydrogen-bond donors (Lipinski definition) is 0. The molecule has 0 aliphatic carbocycles. The van der Waals surface area contributed by atoms with Crippen LogP contribution < -0.4 is 0 Å². The van der Waals surface area contributed by atoms with Gasteiger partial charge in [0, 0.05) is 43.4 Å². The fourth-order valence-corrected chi connectivity index (χ4v) is 6.82. The number of rotatable bonds is 6. The summed E-state index contributed by atoms with van der Waals surface area (Å²) >= 11 is 1.29. The largest absolute Gasteiger partial charge is 0.340 e. The van der Waals surface area contributed by atoms with Gasteiger partial charge in [-0.15, -0.1) is 11.3 Å². The molecular weight excluding hydrogens is 428 g/mol. The van der Waals surface area contributed by atoms with E-state index in [9.17, 15) is 13.2 Å². The third-order valence-corrected chi connectivity index (χ3v) is 9.05. The van der Waals surface area contributed by atoms with Gasteiger partial charge < -0.3 is 4.90 Å². The van der Waals surface area contributed by atoms with Crippen molar-refractivity contribution >= 4 is 27.3 Å². The maximum absolute atomic E-state index is 13.1. The average molecular weight is 455 g/mol. The first-order valence-electron chi connectivity index (χ1n) is 10.4. The highest BCUT2D eigenvalue weighted by atomic mass is 32.2. The summed E-state index contributed by atoms with van der Waals surface area (Å²) in [6.07, 6.45) is 0.366. The zero-order valence-corrected chi connectivity index (χ0v) is 19.1. The van der Waals surface area contributed by atoms with Gasteiger partial charge in [0.1, 0.15) is 4.21 Å². The monoisotopic (exact) mass is 454 g/mol. The van der Waals surface area contributed by atoms with Crippen LogP contribution >= 0.6 is 11.3 Å². The molecule has 1 aromatic heterocycles. The van der Waals surface area contributed by atoms with E-state index in [1.165, 1.54) is 15.6 Å². The summed E-state index contributed by atoms with van der Waals surface area (Å²) in [6.45, 7) is 3.38. The number of hydrogen-bond acceptors (Lipinski definition) is 4. The molecule has 5 nitrogen and oxygen atoms in total. The van der Waals surface area contributed by atoms with Crippen LogP contribution in [0, 0.1) is 6.92 Å². The molecule has 1 saturated heterocycles. The van der Waals surface area contributed by atoms with Crippen molar-refractivity contribution < 1.29 is 13.2 Å². The van der Waals surface area contributed by atoms with Crippen molar-refractivity contribution in [1.82, 2.24) is 9.21 Å². The summed E-state index contributed by atoms with van der Waals surface area (Å²) in [5, 5.41) is 0. The van der Waals surface area contributed by atoms with Gasteiger partial charge in [0.05, 0.1) is 0 Å². The minimum absolute atomic E-state index is 0.0224. The smallest absolute Gasteiger partial charge is 0.252 e. The number of sulfonamides is 1. The SMILES string of the molecule is Cc1ccc(S(=O)(=O)N2CCN(C(=O)CC(c3ccccc3)c3ccccc3)CC2)s1. The lowest BCUT2D eigenvalue weighted by Crippen LogP contribution is -2.50. The van der Waals surface area contributed by atoms with Gasteiger partial charge in [0.2, 0.25) is 5.91 Å². The van der Waals surface area contributed by atoms with E-state index in [4.69, 9.17) is 0 Å². The summed E-state index contributed by atoms with van der Waals surface area (Å²) in [4.78, 5) is 15.9. The molecule has 1 aliphatic heterocycles. The third-order valence-electron chi connectivity index (χ3n) is 5.68. The van der Waals surface area contributed by atoms with E-state index in [-0.39, 0.29) is 11.8 Å². The Kier molecular flexibility index (Phi) is 6.55. The standard InChI is InChI=1S/C24H26N2O3S2/c1-19-12-13-24(30-19)31(28,29)26-16-14-25(15-17-26)23(27)18-22(20-8-4-2-5-9-20)21-10-6-3-7-11-21/h2-13,22H,14-18H2,1H3. The zero-order valence-electron chi connectivity index (χ0n) is 17.5. The molecule has 0 bridgehead atoms. The second-order valence-electron chi connectivity index (χ2n) is 7.73. The third kappa shape index (κ3) is 4.89. The molecule has 0 unspecified atom stereocenters. The fraction of sp³-hybridized carbons (Fsp3) is 0.292. The molecule has 1 aliphatic rings. The van der Waals surface area contributed by atoms with Crippen molar-refractivity contribution in [3.05, 3.63) is 88.8 Å². The molecule has 0 radical (unpaired) electrons. The van der Waals surface area contributed by atoms with E-state index in [1.54, 1.807) is 11.0 Å². The van der Waals surface area contributed by atoms with Crippen molar-refractivity contribution in [3.8, 4) is 0 Å². The minimum Gasteiger partial charge on any atom is -0.340 e. The van der Waals surface area contributed by atoms with Crippen LogP contribution in [0.15, 0.2) is 77.0 Å². The van der Waals surface area contributed by atoms with Crippen LogP contribution in [-0.2, 0) is 14.8 Å². The summed E-state index contributed by atoms with van der Waals surface area (Å²) in [5.41, 5.74) is 2.22. The summed E-state index contributed by atoms with van der Waals surface area (Å²) in [5.74, 6) is 0.0347. The van der Waals surface area contributed by atoms with Gasteiger partial charge in [-0.1, -0.05) is 60.7 Å². The highest BCUT2D eigenvalue weighted by Crippen LogP contribution is 2.29. The molecule has 0 atom stereocenters. The molecule has 1 fully saturated rings. The molecule has 31 heavy (non-hydrogen) atoms. The predicted molar refractivity (Wildman–Crippen MR) is 124 cm³/mol. The van der Waals surface area contributed by atoms with Crippen LogP contribution in [0.1, 0.15) is 28.3 Å². The average Bonchev–Trinajstić information content (AvgIpc) is 3.26. The molecule has 1 amide bonds. The summed E-state index contributed by atoms with van der Waals surface area (Å²) in [7, 11) is -3.49. The second-order valence-corrected chi connectivity index (χ2v) is 11.2. The van der Waals surface area contributed by atoms with Gasteiger partial charge >= 0.3 is 0 Å². The van der Waals surface area contributed by atoms with E-state index in [0.29, 0.717) is 36.8 Å². The van der Waals surface area contributed by atoms with Gasteiger partial charge in [-0.25, -0.2) is 8.42 Å². The highest BCUT2D eigenvalue weighted by Gasteiger charge is 2.31. The van der Waals surface area contributed by atoms with Crippen molar-refractivity contribution in [1.29, 1.82) is 0 Å². The number of carbonyl (C=O) groups excluding carboxylic acids is 1. The van der Waals surface area contributed by atoms with E-state index >= 15 is 0 Å². The van der Waals surface area contributed by atoms with Gasteiger partial charge in [-0.3, -0.25) is 4.79 Å². The van der Waals surface area contributed by atoms with Crippen LogP contribution in [-0.4, -0.2) is 49.7 Å². The topological polar surface area (TPSA) is 57.7 Å². The Morgan fingerprint density at radius 2 is 1.42 bits per heavy atom. The lowest BCUT2D eigenvalue weighted by atomic mass is 9.88. The normalized spacial score (nSPS) is 15.4. The van der Waals surface area contributed by atoms with Crippen LogP contribution in [0.4, 0.5) is 0 Å². The number of carbonyl (C=O) groups is 1. The van der Waals surface area contributed by atoms with Crippen molar-refractivity contribution in [2.45, 2.75) is 23.5 Å². The van der Waals surface area contributed by atoms with E-state index in [1.807, 2.05) is 49.4 Å². The van der Waals surface area contributed by atoms with Gasteiger partial charge in [0.25, 0.3) is 10.0 Å². The molecular formula is C24H26N2O3S2. The van der Waals surface area contributed by atoms with Crippen LogP contribution in [0.25, 0.3) is 0 Å². The van der Waals surface area contributed by atoms with E-state index < -0.39 is 10.0 Å². The van der Waals surface area contributed by atoms with Crippen molar-refractivity contribution in [2.24, 2.45) is 0 Å². The van der Waals surface area contributed by atoms with Crippen molar-refractivity contribution in [3.63, 3.8) is 0 Å². The Balaban J connectivity index is 1.44. The van der Waals surface area contributed by atoms with E-state index in [0.717, 1.165) is 16.0 Å². The molecule has 2 heterocycles. The predicted octanol–water partition coefficient (Wildman–Crippen LogP) is 4.11. The number of thiophene rings is 1. The maximum Gasteiger partial charge on any atom is 0.252 e. The lowest BCUT2D eigenvalue weighted by Gasteiger charge is -2.34. The van der Waals surface area contributed by atoms with Crippen LogP contribution in [0.3, 0.4) is 0 Å². The van der Waals surface area contributed by atoms with Gasteiger partial charge in [0.15, 0.2) is 0 Å². The van der Waals surface area contributed by atoms with Gasteiger partial charge in [-0.2, -0.15) is 4.31 Å². The lowest BCUT2D eigenvalue weighted by molar-refractivity contribution is -0.132. The fourth-order valence-electron chi connectivity index (χ4n) is 3.96. The Morgan fingerprint density at radius 3 is 1.90 bits per heavy atom. The highest BCUT2D eigenvalue weighted by molar-refractivity contribution is 7.91. The van der Waals surface area contributed by atoms with Crippen LogP contribution in [0.2, 0.25) is 0 Å². The maximum atomic E-state index is 13.1. The minimum atomic E-state index is -3.49. The molecule has 162 valence electrons. The summed E-state index contributed by atoms with van der Waals surface area (Å²) in [6, 6.07) is 23.6. The Hall–Kier alpha value is -2.48. The van der Waals surface area contributed by atoms with Crippen LogP contribution in [0.5, 0.6) is 0 Å². The molecule has 0 N–H and O–H groups in total. The number of amides is 1. The Bertz CT molecular complexity index is 1080. The molecule has 0 spiro atoms. The van der Waals surface area contributed by atoms with Crippen molar-refractivity contribution in [2.75, 3.05) is 26.2 Å². The first kappa shape index (κ1) is 21.7. The van der Waals surface area contributed by atoms with E-state index in [2.05, 4.69) is 24.3 Å². The number of aryl methyl sites for hydroxylation is 1. The number of piperazine rings is 1. The molecule has 4 rings (SSSR count). The van der Waals surface area contributed by atoms with Gasteiger partial charge in [-0.05, 0) is 30.2 Å². The Morgan fingerprint density at radius 1 is 0.871 bits per heavy atom. The second kappa shape index (κ2) is 9.34. The molecule has 7 heteroatoms. The summed E-state index contributed by atoms with van der Waals surface area (Å²) < 4.78 is 27.6. The molecule has 3 aromatic rings. The Labute approximate surface area is 188 Å². The number of benzene rings is 2. The first-order chi connectivity index (χ1) is 14.9. The number of nitrogens with zero attached hydrogens (tertiary/aromatic N) is 2.